The van der Waals surface area contributed by atoms with Crippen molar-refractivity contribution < 1.29 is 14.7 Å². The fraction of sp³-hybridized carbons (Fsp3) is 0.533. The molecule has 3 N–H and O–H groups in total. The van der Waals surface area contributed by atoms with Gasteiger partial charge in [-0.1, -0.05) is 13.8 Å². The van der Waals surface area contributed by atoms with Gasteiger partial charge >= 0.3 is 12.0 Å². The fourth-order valence-electron chi connectivity index (χ4n) is 2.67. The summed E-state index contributed by atoms with van der Waals surface area (Å²) in [6.07, 6.45) is 4.44. The van der Waals surface area contributed by atoms with Crippen LogP contribution >= 0.6 is 0 Å². The summed E-state index contributed by atoms with van der Waals surface area (Å²) >= 11 is 0. The molecule has 1 aromatic rings. The van der Waals surface area contributed by atoms with Crippen LogP contribution < -0.4 is 10.6 Å². The van der Waals surface area contributed by atoms with E-state index >= 15 is 0 Å². The average Bonchev–Trinajstić information content (AvgIpc) is 2.70. The number of carboxylic acid groups (broad SMARTS) is 1. The molecule has 0 radical (unpaired) electrons. The van der Waals surface area contributed by atoms with Crippen LogP contribution in [0.1, 0.15) is 38.8 Å². The lowest BCUT2D eigenvalue weighted by atomic mass is 9.92. The molecule has 0 spiro atoms. The summed E-state index contributed by atoms with van der Waals surface area (Å²) in [5.74, 6) is -0.926. The molecule has 0 aliphatic heterocycles. The normalized spacial score (nSPS) is 20.0. The second-order valence-corrected chi connectivity index (χ2v) is 6.31. The molecule has 21 heavy (non-hydrogen) atoms. The van der Waals surface area contributed by atoms with Gasteiger partial charge in [0.15, 0.2) is 0 Å². The number of aliphatic carboxylic acids is 1. The molecule has 6 heteroatoms. The topological polar surface area (TPSA) is 91.3 Å². The molecule has 1 aromatic heterocycles. The van der Waals surface area contributed by atoms with Crippen LogP contribution in [-0.4, -0.2) is 28.1 Å². The molecule has 2 rings (SSSR count). The van der Waals surface area contributed by atoms with Gasteiger partial charge < -0.3 is 15.7 Å². The minimum Gasteiger partial charge on any atom is -0.481 e. The van der Waals surface area contributed by atoms with Crippen LogP contribution in [0.15, 0.2) is 18.3 Å². The van der Waals surface area contributed by atoms with Gasteiger partial charge in [0.2, 0.25) is 0 Å². The second kappa shape index (κ2) is 6.11. The van der Waals surface area contributed by atoms with Gasteiger partial charge in [-0.2, -0.15) is 0 Å². The van der Waals surface area contributed by atoms with Crippen molar-refractivity contribution in [3.63, 3.8) is 0 Å². The molecule has 1 aliphatic rings. The highest BCUT2D eigenvalue weighted by Crippen LogP contribution is 2.36. The van der Waals surface area contributed by atoms with E-state index in [4.69, 9.17) is 5.11 Å². The number of nitrogens with one attached hydrogen (secondary N) is 2. The third kappa shape index (κ3) is 4.73. The molecular formula is C15H21N3O3. The monoisotopic (exact) mass is 291 g/mol. The van der Waals surface area contributed by atoms with E-state index < -0.39 is 5.97 Å². The smallest absolute Gasteiger partial charge is 0.319 e. The number of carbonyl (C=O) groups excluding carboxylic acids is 1. The third-order valence-corrected chi connectivity index (χ3v) is 3.72. The van der Waals surface area contributed by atoms with E-state index in [-0.39, 0.29) is 23.9 Å². The average molecular weight is 291 g/mol. The van der Waals surface area contributed by atoms with Crippen LogP contribution in [0.4, 0.5) is 10.5 Å². The van der Waals surface area contributed by atoms with E-state index in [9.17, 15) is 9.59 Å². The van der Waals surface area contributed by atoms with Crippen LogP contribution in [0.2, 0.25) is 0 Å². The van der Waals surface area contributed by atoms with Gasteiger partial charge in [0.1, 0.15) is 0 Å². The lowest BCUT2D eigenvalue weighted by Gasteiger charge is -2.18. The van der Waals surface area contributed by atoms with E-state index in [1.54, 1.807) is 12.1 Å². The van der Waals surface area contributed by atoms with E-state index in [1.165, 1.54) is 6.20 Å². The van der Waals surface area contributed by atoms with Crippen molar-refractivity contribution in [3.8, 4) is 0 Å². The van der Waals surface area contributed by atoms with Crippen LogP contribution in [0, 0.1) is 5.41 Å². The summed E-state index contributed by atoms with van der Waals surface area (Å²) in [6, 6.07) is 3.22. The zero-order valence-electron chi connectivity index (χ0n) is 12.3. The predicted molar refractivity (Wildman–Crippen MR) is 79.2 cm³/mol. The molecule has 6 nitrogen and oxygen atoms in total. The number of carboxylic acids is 1. The van der Waals surface area contributed by atoms with Crippen molar-refractivity contribution in [1.29, 1.82) is 0 Å². The van der Waals surface area contributed by atoms with Crippen molar-refractivity contribution in [2.75, 3.05) is 5.32 Å². The number of anilines is 1. The number of hydrogen-bond donors (Lipinski definition) is 3. The molecule has 1 unspecified atom stereocenters. The van der Waals surface area contributed by atoms with Crippen LogP contribution in [-0.2, 0) is 11.2 Å². The molecular weight excluding hydrogens is 270 g/mol. The molecule has 2 amide bonds. The minimum absolute atomic E-state index is 0.121. The van der Waals surface area contributed by atoms with Gasteiger partial charge in [-0.3, -0.25) is 9.78 Å². The Hall–Kier alpha value is -2.11. The Labute approximate surface area is 124 Å². The number of aromatic nitrogens is 1. The van der Waals surface area contributed by atoms with E-state index in [2.05, 4.69) is 29.5 Å². The SMILES string of the molecule is CC1(C)CCC(NC(=O)Nc2ccc(CC(=O)O)nc2)C1. The highest BCUT2D eigenvalue weighted by atomic mass is 16.4. The summed E-state index contributed by atoms with van der Waals surface area (Å²) in [5, 5.41) is 14.3. The number of amides is 2. The van der Waals surface area contributed by atoms with Gasteiger partial charge in [0.25, 0.3) is 0 Å². The Balaban J connectivity index is 1.84. The summed E-state index contributed by atoms with van der Waals surface area (Å²) in [7, 11) is 0. The van der Waals surface area contributed by atoms with Crippen LogP contribution in [0.25, 0.3) is 0 Å². The van der Waals surface area contributed by atoms with Crippen molar-refractivity contribution in [1.82, 2.24) is 10.3 Å². The number of rotatable bonds is 4. The van der Waals surface area contributed by atoms with Gasteiger partial charge in [0, 0.05) is 6.04 Å². The van der Waals surface area contributed by atoms with Crippen molar-refractivity contribution in [3.05, 3.63) is 24.0 Å². The first-order valence-electron chi connectivity index (χ1n) is 7.08. The zero-order valence-corrected chi connectivity index (χ0v) is 12.3. The number of hydrogen-bond acceptors (Lipinski definition) is 3. The summed E-state index contributed by atoms with van der Waals surface area (Å²) < 4.78 is 0. The van der Waals surface area contributed by atoms with Gasteiger partial charge in [-0.25, -0.2) is 4.79 Å². The second-order valence-electron chi connectivity index (χ2n) is 6.31. The molecule has 114 valence electrons. The predicted octanol–water partition coefficient (Wildman–Crippen LogP) is 2.41. The van der Waals surface area contributed by atoms with E-state index in [1.807, 2.05) is 0 Å². The molecule has 1 saturated carbocycles. The molecule has 1 aliphatic carbocycles. The van der Waals surface area contributed by atoms with E-state index in [0.717, 1.165) is 19.3 Å². The zero-order chi connectivity index (χ0) is 15.5. The van der Waals surface area contributed by atoms with Gasteiger partial charge in [-0.05, 0) is 36.8 Å². The van der Waals surface area contributed by atoms with Gasteiger partial charge in [-0.15, -0.1) is 0 Å². The number of carbonyl (C=O) groups is 2. The quantitative estimate of drug-likeness (QED) is 0.794. The highest BCUT2D eigenvalue weighted by Gasteiger charge is 2.31. The maximum atomic E-state index is 11.9. The Morgan fingerprint density at radius 1 is 1.43 bits per heavy atom. The number of nitrogens with zero attached hydrogens (tertiary/aromatic N) is 1. The third-order valence-electron chi connectivity index (χ3n) is 3.72. The summed E-state index contributed by atoms with van der Waals surface area (Å²) in [4.78, 5) is 26.5. The summed E-state index contributed by atoms with van der Waals surface area (Å²) in [6.45, 7) is 4.41. The Morgan fingerprint density at radius 3 is 2.71 bits per heavy atom. The fourth-order valence-corrected chi connectivity index (χ4v) is 2.67. The van der Waals surface area contributed by atoms with Crippen LogP contribution in [0.5, 0.6) is 0 Å². The Kier molecular flexibility index (Phi) is 4.45. The van der Waals surface area contributed by atoms with E-state index in [0.29, 0.717) is 11.4 Å². The van der Waals surface area contributed by atoms with Gasteiger partial charge in [0.05, 0.1) is 24.0 Å². The lowest BCUT2D eigenvalue weighted by Crippen LogP contribution is -2.36. The first-order chi connectivity index (χ1) is 9.84. The molecule has 0 aromatic carbocycles. The van der Waals surface area contributed by atoms with Crippen molar-refractivity contribution in [2.24, 2.45) is 5.41 Å². The van der Waals surface area contributed by atoms with Crippen molar-refractivity contribution >= 4 is 17.7 Å². The molecule has 1 heterocycles. The number of urea groups is 1. The largest absolute Gasteiger partial charge is 0.481 e. The molecule has 1 atom stereocenters. The molecule has 0 bridgehead atoms. The summed E-state index contributed by atoms with van der Waals surface area (Å²) in [5.41, 5.74) is 1.31. The molecule has 0 saturated heterocycles. The minimum atomic E-state index is -0.926. The first kappa shape index (κ1) is 15.3. The number of pyridine rings is 1. The highest BCUT2D eigenvalue weighted by molar-refractivity contribution is 5.89. The van der Waals surface area contributed by atoms with Crippen molar-refractivity contribution in [2.45, 2.75) is 45.6 Å². The Bertz CT molecular complexity index is 525. The lowest BCUT2D eigenvalue weighted by molar-refractivity contribution is -0.136. The molecule has 1 fully saturated rings. The Morgan fingerprint density at radius 2 is 2.19 bits per heavy atom. The first-order valence-corrected chi connectivity index (χ1v) is 7.08. The van der Waals surface area contributed by atoms with Crippen LogP contribution in [0.3, 0.4) is 0 Å². The maximum absolute atomic E-state index is 11.9. The standard InChI is InChI=1S/C15H21N3O3/c1-15(2)6-5-11(8-15)17-14(21)18-12-4-3-10(16-9-12)7-13(19)20/h3-4,9,11H,5-8H2,1-2H3,(H,19,20)(H2,17,18,21). The maximum Gasteiger partial charge on any atom is 0.319 e.